The van der Waals surface area contributed by atoms with Crippen molar-refractivity contribution >= 4 is 11.7 Å². The molecule has 1 aliphatic rings. The topological polar surface area (TPSA) is 60.5 Å². The predicted octanol–water partition coefficient (Wildman–Crippen LogP) is 2.50. The minimum Gasteiger partial charge on any atom is -0.490 e. The van der Waals surface area contributed by atoms with Gasteiger partial charge < -0.3 is 14.8 Å². The Labute approximate surface area is 116 Å². The Kier molecular flexibility index (Phi) is 3.50. The van der Waals surface area contributed by atoms with Crippen LogP contribution in [0.1, 0.15) is 16.8 Å². The first kappa shape index (κ1) is 12.5. The summed E-state index contributed by atoms with van der Waals surface area (Å²) in [7, 11) is 0. The number of benzene rings is 1. The Balaban J connectivity index is 1.80. The van der Waals surface area contributed by atoms with Crippen LogP contribution in [0.3, 0.4) is 0 Å². The molecule has 1 amide bonds. The van der Waals surface area contributed by atoms with E-state index in [0.717, 1.165) is 6.42 Å². The van der Waals surface area contributed by atoms with E-state index in [2.05, 4.69) is 10.3 Å². The lowest BCUT2D eigenvalue weighted by Gasteiger charge is -2.09. The van der Waals surface area contributed by atoms with Crippen molar-refractivity contribution in [2.75, 3.05) is 18.5 Å². The molecule has 0 bridgehead atoms. The van der Waals surface area contributed by atoms with Gasteiger partial charge in [0.2, 0.25) is 0 Å². The third kappa shape index (κ3) is 2.71. The molecule has 20 heavy (non-hydrogen) atoms. The zero-order valence-electron chi connectivity index (χ0n) is 10.8. The van der Waals surface area contributed by atoms with Gasteiger partial charge in [-0.15, -0.1) is 0 Å². The summed E-state index contributed by atoms with van der Waals surface area (Å²) in [4.78, 5) is 16.2. The minimum absolute atomic E-state index is 0.223. The standard InChI is InChI=1S/C15H14N2O3/c18-15(17-14-4-1-2-7-16-14)11-5-6-12-13(10-11)20-9-3-8-19-12/h1-2,4-7,10H,3,8-9H2,(H,16,17,18). The molecule has 0 spiro atoms. The number of ether oxygens (including phenoxy) is 2. The molecule has 5 nitrogen and oxygen atoms in total. The molecule has 3 rings (SSSR count). The van der Waals surface area contributed by atoms with E-state index in [1.807, 2.05) is 6.07 Å². The van der Waals surface area contributed by atoms with Crippen LogP contribution in [0.5, 0.6) is 11.5 Å². The summed E-state index contributed by atoms with van der Waals surface area (Å²) in [6, 6.07) is 10.5. The molecule has 0 fully saturated rings. The number of pyridine rings is 1. The molecule has 5 heteroatoms. The molecule has 1 aliphatic heterocycles. The molecule has 1 N–H and O–H groups in total. The van der Waals surface area contributed by atoms with Crippen LogP contribution in [0.15, 0.2) is 42.6 Å². The van der Waals surface area contributed by atoms with Crippen molar-refractivity contribution in [2.24, 2.45) is 0 Å². The Morgan fingerprint density at radius 3 is 2.75 bits per heavy atom. The lowest BCUT2D eigenvalue weighted by atomic mass is 10.2. The van der Waals surface area contributed by atoms with Crippen LogP contribution in [0.25, 0.3) is 0 Å². The minimum atomic E-state index is -0.223. The van der Waals surface area contributed by atoms with Crippen LogP contribution in [0, 0.1) is 0 Å². The first-order valence-corrected chi connectivity index (χ1v) is 6.45. The zero-order valence-corrected chi connectivity index (χ0v) is 10.8. The van der Waals surface area contributed by atoms with E-state index in [9.17, 15) is 4.79 Å². The molecule has 1 aromatic carbocycles. The molecule has 2 aromatic rings. The van der Waals surface area contributed by atoms with Gasteiger partial charge in [0.25, 0.3) is 5.91 Å². The average molecular weight is 270 g/mol. The molecule has 0 unspecified atom stereocenters. The fraction of sp³-hybridized carbons (Fsp3) is 0.200. The largest absolute Gasteiger partial charge is 0.490 e. The number of anilines is 1. The number of nitrogens with zero attached hydrogens (tertiary/aromatic N) is 1. The molecular formula is C15H14N2O3. The maximum absolute atomic E-state index is 12.1. The second-order valence-corrected chi connectivity index (χ2v) is 4.38. The van der Waals surface area contributed by atoms with Crippen LogP contribution in [-0.4, -0.2) is 24.1 Å². The molecule has 0 radical (unpaired) electrons. The molecule has 0 atom stereocenters. The fourth-order valence-corrected chi connectivity index (χ4v) is 1.93. The van der Waals surface area contributed by atoms with E-state index in [4.69, 9.17) is 9.47 Å². The van der Waals surface area contributed by atoms with E-state index >= 15 is 0 Å². The average Bonchev–Trinajstić information content (AvgIpc) is 2.72. The molecule has 2 heterocycles. The van der Waals surface area contributed by atoms with Gasteiger partial charge in [0, 0.05) is 18.2 Å². The highest BCUT2D eigenvalue weighted by Crippen LogP contribution is 2.30. The number of aromatic nitrogens is 1. The molecule has 0 saturated carbocycles. The number of carbonyl (C=O) groups excluding carboxylic acids is 1. The summed E-state index contributed by atoms with van der Waals surface area (Å²) in [5.74, 6) is 1.58. The van der Waals surface area contributed by atoms with Gasteiger partial charge in [0.1, 0.15) is 5.82 Å². The summed E-state index contributed by atoms with van der Waals surface area (Å²) >= 11 is 0. The van der Waals surface area contributed by atoms with Crippen molar-refractivity contribution in [3.05, 3.63) is 48.2 Å². The maximum atomic E-state index is 12.1. The van der Waals surface area contributed by atoms with Gasteiger partial charge in [-0.2, -0.15) is 0 Å². The number of carbonyl (C=O) groups is 1. The highest BCUT2D eigenvalue weighted by Gasteiger charge is 2.14. The molecular weight excluding hydrogens is 256 g/mol. The monoisotopic (exact) mass is 270 g/mol. The van der Waals surface area contributed by atoms with Gasteiger partial charge >= 0.3 is 0 Å². The van der Waals surface area contributed by atoms with Crippen LogP contribution in [-0.2, 0) is 0 Å². The number of fused-ring (bicyclic) bond motifs is 1. The predicted molar refractivity (Wildman–Crippen MR) is 74.2 cm³/mol. The molecule has 102 valence electrons. The number of hydrogen-bond acceptors (Lipinski definition) is 4. The van der Waals surface area contributed by atoms with Gasteiger partial charge in [-0.05, 0) is 30.3 Å². The highest BCUT2D eigenvalue weighted by molar-refractivity contribution is 6.04. The number of hydrogen-bond donors (Lipinski definition) is 1. The second kappa shape index (κ2) is 5.61. The number of rotatable bonds is 2. The Bertz CT molecular complexity index is 614. The Morgan fingerprint density at radius 2 is 1.95 bits per heavy atom. The van der Waals surface area contributed by atoms with Gasteiger partial charge in [0.05, 0.1) is 13.2 Å². The third-order valence-corrected chi connectivity index (χ3v) is 2.92. The quantitative estimate of drug-likeness (QED) is 0.910. The van der Waals surface area contributed by atoms with Crippen molar-refractivity contribution in [3.8, 4) is 11.5 Å². The molecule has 0 aliphatic carbocycles. The van der Waals surface area contributed by atoms with Crippen molar-refractivity contribution in [1.82, 2.24) is 4.98 Å². The summed E-state index contributed by atoms with van der Waals surface area (Å²) < 4.78 is 11.1. The Hall–Kier alpha value is -2.56. The van der Waals surface area contributed by atoms with Gasteiger partial charge in [-0.25, -0.2) is 4.98 Å². The molecule has 1 aromatic heterocycles. The SMILES string of the molecule is O=C(Nc1ccccn1)c1ccc2c(c1)OCCCO2. The number of nitrogens with one attached hydrogen (secondary N) is 1. The fourth-order valence-electron chi connectivity index (χ4n) is 1.93. The summed E-state index contributed by atoms with van der Waals surface area (Å²) in [5.41, 5.74) is 0.514. The number of amides is 1. The van der Waals surface area contributed by atoms with Crippen molar-refractivity contribution < 1.29 is 14.3 Å². The normalized spacial score (nSPS) is 13.4. The van der Waals surface area contributed by atoms with E-state index < -0.39 is 0 Å². The summed E-state index contributed by atoms with van der Waals surface area (Å²) in [6.07, 6.45) is 2.47. The summed E-state index contributed by atoms with van der Waals surface area (Å²) in [5, 5.41) is 2.73. The van der Waals surface area contributed by atoms with Gasteiger partial charge in [0.15, 0.2) is 11.5 Å². The van der Waals surface area contributed by atoms with Crippen LogP contribution < -0.4 is 14.8 Å². The van der Waals surface area contributed by atoms with Gasteiger partial charge in [-0.3, -0.25) is 4.79 Å². The lowest BCUT2D eigenvalue weighted by Crippen LogP contribution is -2.12. The van der Waals surface area contributed by atoms with Crippen molar-refractivity contribution in [1.29, 1.82) is 0 Å². The smallest absolute Gasteiger partial charge is 0.256 e. The van der Waals surface area contributed by atoms with E-state index in [1.54, 1.807) is 36.5 Å². The maximum Gasteiger partial charge on any atom is 0.256 e. The Morgan fingerprint density at radius 1 is 1.10 bits per heavy atom. The lowest BCUT2D eigenvalue weighted by molar-refractivity contribution is 0.102. The highest BCUT2D eigenvalue weighted by atomic mass is 16.5. The van der Waals surface area contributed by atoms with Crippen molar-refractivity contribution in [2.45, 2.75) is 6.42 Å². The van der Waals surface area contributed by atoms with E-state index in [0.29, 0.717) is 36.1 Å². The summed E-state index contributed by atoms with van der Waals surface area (Å²) in [6.45, 7) is 1.23. The first-order chi connectivity index (χ1) is 9.83. The second-order valence-electron chi connectivity index (χ2n) is 4.38. The van der Waals surface area contributed by atoms with Gasteiger partial charge in [-0.1, -0.05) is 6.07 Å². The first-order valence-electron chi connectivity index (χ1n) is 6.45. The molecule has 0 saturated heterocycles. The van der Waals surface area contributed by atoms with E-state index in [1.165, 1.54) is 0 Å². The van der Waals surface area contributed by atoms with E-state index in [-0.39, 0.29) is 5.91 Å². The van der Waals surface area contributed by atoms with Crippen molar-refractivity contribution in [3.63, 3.8) is 0 Å². The van der Waals surface area contributed by atoms with Crippen LogP contribution in [0.4, 0.5) is 5.82 Å². The zero-order chi connectivity index (χ0) is 13.8. The van der Waals surface area contributed by atoms with Crippen LogP contribution in [0.2, 0.25) is 0 Å². The third-order valence-electron chi connectivity index (χ3n) is 2.92. The van der Waals surface area contributed by atoms with Crippen LogP contribution >= 0.6 is 0 Å².